The molecule has 2 fully saturated rings. The lowest BCUT2D eigenvalue weighted by atomic mass is 10.1. The van der Waals surface area contributed by atoms with E-state index in [0.29, 0.717) is 0 Å². The van der Waals surface area contributed by atoms with Gasteiger partial charge in [-0.2, -0.15) is 0 Å². The van der Waals surface area contributed by atoms with Crippen molar-refractivity contribution >= 4 is 0 Å². The number of hydrogen-bond acceptors (Lipinski definition) is 4. The summed E-state index contributed by atoms with van der Waals surface area (Å²) in [7, 11) is 0. The Morgan fingerprint density at radius 3 is 2.53 bits per heavy atom. The minimum Gasteiger partial charge on any atom is -0.469 e. The van der Waals surface area contributed by atoms with Crippen LogP contribution in [0.15, 0.2) is 22.8 Å². The number of furan rings is 1. The molecule has 3 heterocycles. The van der Waals surface area contributed by atoms with Gasteiger partial charge in [-0.1, -0.05) is 0 Å². The van der Waals surface area contributed by atoms with Gasteiger partial charge in [0, 0.05) is 32.6 Å². The zero-order chi connectivity index (χ0) is 10.3. The predicted molar refractivity (Wildman–Crippen MR) is 55.4 cm³/mol. The number of nitrogens with zero attached hydrogens (tertiary/aromatic N) is 2. The van der Waals surface area contributed by atoms with Gasteiger partial charge in [-0.3, -0.25) is 9.80 Å². The fourth-order valence-electron chi connectivity index (χ4n) is 2.01. The van der Waals surface area contributed by atoms with E-state index in [2.05, 4.69) is 9.80 Å². The summed E-state index contributed by atoms with van der Waals surface area (Å²) in [5.41, 5.74) is 0. The largest absolute Gasteiger partial charge is 0.469 e. The number of aliphatic hydroxyl groups is 1. The minimum absolute atomic E-state index is 0.207. The number of rotatable bonds is 5. The Morgan fingerprint density at radius 1 is 1.27 bits per heavy atom. The maximum absolute atomic E-state index is 10.1. The quantitative estimate of drug-likeness (QED) is 0.699. The molecule has 2 aliphatic heterocycles. The molecule has 2 atom stereocenters. The second-order valence-corrected chi connectivity index (χ2v) is 4.34. The van der Waals surface area contributed by atoms with Crippen molar-refractivity contribution < 1.29 is 9.52 Å². The summed E-state index contributed by atoms with van der Waals surface area (Å²) in [4.78, 5) is 4.39. The van der Waals surface area contributed by atoms with Crippen LogP contribution in [0.25, 0.3) is 0 Å². The van der Waals surface area contributed by atoms with Gasteiger partial charge in [0.15, 0.2) is 0 Å². The van der Waals surface area contributed by atoms with Gasteiger partial charge < -0.3 is 9.52 Å². The third-order valence-corrected chi connectivity index (χ3v) is 3.14. The maximum atomic E-state index is 10.1. The molecule has 2 aliphatic rings. The Bertz CT molecular complexity index is 317. The molecule has 4 heteroatoms. The standard InChI is InChI=1S/C11H16N2O2/c14-11(13-5-6-13)10(12-3-4-12)8-9-2-1-7-15-9/h1-2,7,10-11,14H,3-6,8H2. The lowest BCUT2D eigenvalue weighted by Crippen LogP contribution is -2.40. The van der Waals surface area contributed by atoms with E-state index in [4.69, 9.17) is 4.42 Å². The van der Waals surface area contributed by atoms with Crippen LogP contribution >= 0.6 is 0 Å². The van der Waals surface area contributed by atoms with Crippen molar-refractivity contribution in [2.24, 2.45) is 0 Å². The van der Waals surface area contributed by atoms with Crippen LogP contribution < -0.4 is 0 Å². The van der Waals surface area contributed by atoms with Crippen molar-refractivity contribution in [3.05, 3.63) is 24.2 Å². The van der Waals surface area contributed by atoms with Crippen molar-refractivity contribution in [1.82, 2.24) is 9.80 Å². The van der Waals surface area contributed by atoms with Crippen LogP contribution in [-0.4, -0.2) is 53.4 Å². The first-order valence-electron chi connectivity index (χ1n) is 5.53. The molecule has 4 nitrogen and oxygen atoms in total. The second kappa shape index (κ2) is 3.63. The van der Waals surface area contributed by atoms with Gasteiger partial charge in [-0.25, -0.2) is 0 Å². The molecule has 82 valence electrons. The summed E-state index contributed by atoms with van der Waals surface area (Å²) in [5, 5.41) is 10.1. The van der Waals surface area contributed by atoms with E-state index in [9.17, 15) is 5.11 Å². The SMILES string of the molecule is OC(C(Cc1ccco1)N1CC1)N1CC1. The molecule has 0 bridgehead atoms. The summed E-state index contributed by atoms with van der Waals surface area (Å²) >= 11 is 0. The fourth-order valence-corrected chi connectivity index (χ4v) is 2.01. The Hall–Kier alpha value is -0.840. The summed E-state index contributed by atoms with van der Waals surface area (Å²) in [6.45, 7) is 4.28. The first kappa shape index (κ1) is 9.39. The first-order valence-corrected chi connectivity index (χ1v) is 5.53. The minimum atomic E-state index is -0.322. The second-order valence-electron chi connectivity index (χ2n) is 4.34. The Kier molecular flexibility index (Phi) is 2.27. The average Bonchev–Trinajstić information content (AvgIpc) is 3.13. The van der Waals surface area contributed by atoms with Crippen LogP contribution in [0.4, 0.5) is 0 Å². The highest BCUT2D eigenvalue weighted by Crippen LogP contribution is 2.23. The van der Waals surface area contributed by atoms with E-state index in [-0.39, 0.29) is 12.3 Å². The zero-order valence-electron chi connectivity index (χ0n) is 8.67. The molecule has 0 saturated carbocycles. The van der Waals surface area contributed by atoms with Crippen LogP contribution in [0, 0.1) is 0 Å². The molecule has 0 amide bonds. The van der Waals surface area contributed by atoms with Gasteiger partial charge >= 0.3 is 0 Å². The molecule has 1 N–H and O–H groups in total. The van der Waals surface area contributed by atoms with Crippen molar-refractivity contribution in [1.29, 1.82) is 0 Å². The van der Waals surface area contributed by atoms with Gasteiger partial charge in [-0.15, -0.1) is 0 Å². The van der Waals surface area contributed by atoms with Gasteiger partial charge in [-0.05, 0) is 12.1 Å². The van der Waals surface area contributed by atoms with Crippen molar-refractivity contribution in [2.45, 2.75) is 18.7 Å². The van der Waals surface area contributed by atoms with Gasteiger partial charge in [0.2, 0.25) is 0 Å². The lowest BCUT2D eigenvalue weighted by molar-refractivity contribution is 0.0203. The van der Waals surface area contributed by atoms with Crippen molar-refractivity contribution in [2.75, 3.05) is 26.2 Å². The molecule has 0 aliphatic carbocycles. The van der Waals surface area contributed by atoms with Gasteiger partial charge in [0.25, 0.3) is 0 Å². The van der Waals surface area contributed by atoms with E-state index >= 15 is 0 Å². The Balaban J connectivity index is 1.67. The molecular weight excluding hydrogens is 192 g/mol. The summed E-state index contributed by atoms with van der Waals surface area (Å²) in [6, 6.07) is 4.09. The highest BCUT2D eigenvalue weighted by atomic mass is 16.3. The normalized spacial score (nSPS) is 25.1. The van der Waals surface area contributed by atoms with E-state index in [1.807, 2.05) is 12.1 Å². The van der Waals surface area contributed by atoms with E-state index in [1.165, 1.54) is 0 Å². The van der Waals surface area contributed by atoms with E-state index < -0.39 is 0 Å². The van der Waals surface area contributed by atoms with Crippen molar-refractivity contribution in [3.8, 4) is 0 Å². The summed E-state index contributed by atoms with van der Waals surface area (Å²) in [5.74, 6) is 0.966. The van der Waals surface area contributed by atoms with E-state index in [1.54, 1.807) is 6.26 Å². The zero-order valence-corrected chi connectivity index (χ0v) is 8.67. The molecular formula is C11H16N2O2. The maximum Gasteiger partial charge on any atom is 0.123 e. The van der Waals surface area contributed by atoms with Crippen molar-refractivity contribution in [3.63, 3.8) is 0 Å². The molecule has 0 aromatic carbocycles. The highest BCUT2D eigenvalue weighted by molar-refractivity contribution is 5.04. The van der Waals surface area contributed by atoms with Crippen LogP contribution in [0.1, 0.15) is 5.76 Å². The van der Waals surface area contributed by atoms with Crippen LogP contribution in [0.3, 0.4) is 0 Å². The molecule has 2 saturated heterocycles. The lowest BCUT2D eigenvalue weighted by Gasteiger charge is -2.24. The number of hydrogen-bond donors (Lipinski definition) is 1. The Morgan fingerprint density at radius 2 is 2.00 bits per heavy atom. The van der Waals surface area contributed by atoms with E-state index in [0.717, 1.165) is 38.4 Å². The monoisotopic (exact) mass is 208 g/mol. The number of aliphatic hydroxyl groups excluding tert-OH is 1. The average molecular weight is 208 g/mol. The van der Waals surface area contributed by atoms with Gasteiger partial charge in [0.05, 0.1) is 12.3 Å². The third kappa shape index (κ3) is 2.07. The Labute approximate surface area is 89.1 Å². The molecule has 3 rings (SSSR count). The summed E-state index contributed by atoms with van der Waals surface area (Å²) < 4.78 is 5.34. The van der Waals surface area contributed by atoms with Crippen LogP contribution in [0.2, 0.25) is 0 Å². The molecule has 0 spiro atoms. The molecule has 0 radical (unpaired) electrons. The molecule has 1 aromatic rings. The highest BCUT2D eigenvalue weighted by Gasteiger charge is 2.39. The fraction of sp³-hybridized carbons (Fsp3) is 0.636. The summed E-state index contributed by atoms with van der Waals surface area (Å²) in [6.07, 6.45) is 2.18. The molecule has 1 aromatic heterocycles. The van der Waals surface area contributed by atoms with Crippen LogP contribution in [0.5, 0.6) is 0 Å². The van der Waals surface area contributed by atoms with Crippen LogP contribution in [-0.2, 0) is 6.42 Å². The third-order valence-electron chi connectivity index (χ3n) is 3.14. The first-order chi connectivity index (χ1) is 7.34. The van der Waals surface area contributed by atoms with Gasteiger partial charge in [0.1, 0.15) is 12.0 Å². The topological polar surface area (TPSA) is 39.4 Å². The smallest absolute Gasteiger partial charge is 0.123 e. The molecule has 15 heavy (non-hydrogen) atoms. The predicted octanol–water partition coefficient (Wildman–Crippen LogP) is 0.140. The molecule has 2 unspecified atom stereocenters.